The molecule has 0 bridgehead atoms. The fourth-order valence-electron chi connectivity index (χ4n) is 2.63. The molecule has 1 heterocycles. The topological polar surface area (TPSA) is 39.5 Å². The third kappa shape index (κ3) is 2.99. The van der Waals surface area contributed by atoms with Gasteiger partial charge < -0.3 is 14.5 Å². The van der Waals surface area contributed by atoms with Crippen LogP contribution in [0.2, 0.25) is 0 Å². The molecule has 0 aromatic heterocycles. The number of nitrogens with zero attached hydrogens (tertiary/aromatic N) is 3. The van der Waals surface area contributed by atoms with Gasteiger partial charge in [0.05, 0.1) is 31.3 Å². The van der Waals surface area contributed by atoms with E-state index in [0.29, 0.717) is 6.42 Å². The Bertz CT molecular complexity index is 481. The van der Waals surface area contributed by atoms with E-state index in [0.717, 1.165) is 31.1 Å². The number of nitriles is 1. The lowest BCUT2D eigenvalue weighted by atomic mass is 10.1. The Hall–Kier alpha value is -1.73. The van der Waals surface area contributed by atoms with E-state index in [1.807, 2.05) is 6.07 Å². The molecule has 1 fully saturated rings. The molecule has 102 valence electrons. The summed E-state index contributed by atoms with van der Waals surface area (Å²) >= 11 is 0. The van der Waals surface area contributed by atoms with Crippen molar-refractivity contribution in [3.05, 3.63) is 23.8 Å². The lowest BCUT2D eigenvalue weighted by molar-refractivity contribution is 0.267. The minimum Gasteiger partial charge on any atom is -0.495 e. The predicted molar refractivity (Wildman–Crippen MR) is 76.6 cm³/mol. The quantitative estimate of drug-likeness (QED) is 0.832. The minimum absolute atomic E-state index is 0.236. The molecule has 1 unspecified atom stereocenters. The summed E-state index contributed by atoms with van der Waals surface area (Å²) in [6, 6.07) is 8.74. The van der Waals surface area contributed by atoms with Gasteiger partial charge in [-0.3, -0.25) is 0 Å². The van der Waals surface area contributed by atoms with Crippen LogP contribution in [0.5, 0.6) is 5.75 Å². The van der Waals surface area contributed by atoms with Gasteiger partial charge in [-0.2, -0.15) is 5.26 Å². The van der Waals surface area contributed by atoms with Crippen LogP contribution in [0.25, 0.3) is 0 Å². The Balaban J connectivity index is 2.32. The van der Waals surface area contributed by atoms with E-state index in [4.69, 9.17) is 10.00 Å². The highest BCUT2D eigenvalue weighted by Crippen LogP contribution is 2.32. The highest BCUT2D eigenvalue weighted by Gasteiger charge is 2.27. The van der Waals surface area contributed by atoms with Crippen LogP contribution in [-0.4, -0.2) is 44.7 Å². The van der Waals surface area contributed by atoms with E-state index in [1.165, 1.54) is 5.56 Å². The molecule has 2 rings (SSSR count). The van der Waals surface area contributed by atoms with E-state index in [9.17, 15) is 0 Å². The van der Waals surface area contributed by atoms with Gasteiger partial charge in [-0.1, -0.05) is 6.07 Å². The standard InChI is InChI=1S/C15H21N3O/c1-12-4-5-15(19-3)14(10-12)18-9-8-17(2)11-13(18)6-7-16/h4-5,10,13H,6,8-9,11H2,1-3H3. The van der Waals surface area contributed by atoms with E-state index in [2.05, 4.69) is 42.0 Å². The molecule has 4 heteroatoms. The summed E-state index contributed by atoms with van der Waals surface area (Å²) in [5, 5.41) is 9.02. The van der Waals surface area contributed by atoms with Crippen LogP contribution in [0.1, 0.15) is 12.0 Å². The fraction of sp³-hybridized carbons (Fsp3) is 0.533. The van der Waals surface area contributed by atoms with Crippen molar-refractivity contribution in [3.63, 3.8) is 0 Å². The van der Waals surface area contributed by atoms with Crippen LogP contribution in [0, 0.1) is 18.3 Å². The van der Waals surface area contributed by atoms with Gasteiger partial charge >= 0.3 is 0 Å². The molecule has 0 radical (unpaired) electrons. The van der Waals surface area contributed by atoms with Crippen LogP contribution in [0.4, 0.5) is 5.69 Å². The monoisotopic (exact) mass is 259 g/mol. The first-order chi connectivity index (χ1) is 9.15. The van der Waals surface area contributed by atoms with Crippen molar-refractivity contribution in [1.29, 1.82) is 5.26 Å². The Morgan fingerprint density at radius 3 is 2.89 bits per heavy atom. The number of likely N-dealkylation sites (N-methyl/N-ethyl adjacent to an activating group) is 1. The van der Waals surface area contributed by atoms with Gasteiger partial charge in [0.25, 0.3) is 0 Å². The summed E-state index contributed by atoms with van der Waals surface area (Å²) in [5.74, 6) is 0.887. The third-order valence-corrected chi connectivity index (χ3v) is 3.66. The van der Waals surface area contributed by atoms with Gasteiger partial charge in [0.15, 0.2) is 0 Å². The SMILES string of the molecule is COc1ccc(C)cc1N1CCN(C)CC1CC#N. The van der Waals surface area contributed by atoms with E-state index in [1.54, 1.807) is 7.11 Å². The summed E-state index contributed by atoms with van der Waals surface area (Å²) in [5.41, 5.74) is 2.32. The van der Waals surface area contributed by atoms with Crippen molar-refractivity contribution in [2.75, 3.05) is 38.7 Å². The van der Waals surface area contributed by atoms with Gasteiger partial charge in [-0.25, -0.2) is 0 Å². The van der Waals surface area contributed by atoms with Crippen molar-refractivity contribution >= 4 is 5.69 Å². The zero-order chi connectivity index (χ0) is 13.8. The first kappa shape index (κ1) is 13.7. The average Bonchev–Trinajstić information content (AvgIpc) is 2.39. The molecule has 0 spiro atoms. The minimum atomic E-state index is 0.236. The molecule has 1 aromatic carbocycles. The number of benzene rings is 1. The van der Waals surface area contributed by atoms with Crippen molar-refractivity contribution in [2.45, 2.75) is 19.4 Å². The van der Waals surface area contributed by atoms with Crippen LogP contribution in [0.3, 0.4) is 0 Å². The molecule has 19 heavy (non-hydrogen) atoms. The Kier molecular flexibility index (Phi) is 4.28. The van der Waals surface area contributed by atoms with Crippen molar-refractivity contribution in [2.24, 2.45) is 0 Å². The number of hydrogen-bond donors (Lipinski definition) is 0. The predicted octanol–water partition coefficient (Wildman–Crippen LogP) is 2.04. The van der Waals surface area contributed by atoms with E-state index < -0.39 is 0 Å². The van der Waals surface area contributed by atoms with Gasteiger partial charge in [0, 0.05) is 19.6 Å². The van der Waals surface area contributed by atoms with Crippen LogP contribution >= 0.6 is 0 Å². The normalized spacial score (nSPS) is 20.1. The summed E-state index contributed by atoms with van der Waals surface area (Å²) in [7, 11) is 3.80. The molecule has 1 atom stereocenters. The third-order valence-electron chi connectivity index (χ3n) is 3.66. The van der Waals surface area contributed by atoms with Crippen LogP contribution < -0.4 is 9.64 Å². The molecule has 0 amide bonds. The first-order valence-electron chi connectivity index (χ1n) is 6.62. The number of anilines is 1. The average molecular weight is 259 g/mol. The molecule has 1 aliphatic rings. The lowest BCUT2D eigenvalue weighted by Gasteiger charge is -2.41. The highest BCUT2D eigenvalue weighted by atomic mass is 16.5. The zero-order valence-electron chi connectivity index (χ0n) is 11.9. The molecule has 1 aliphatic heterocycles. The zero-order valence-corrected chi connectivity index (χ0v) is 11.9. The number of piperazine rings is 1. The maximum absolute atomic E-state index is 9.02. The Labute approximate surface area is 115 Å². The smallest absolute Gasteiger partial charge is 0.142 e. The first-order valence-corrected chi connectivity index (χ1v) is 6.62. The van der Waals surface area contributed by atoms with Gasteiger partial charge in [0.1, 0.15) is 5.75 Å². The molecule has 1 aromatic rings. The highest BCUT2D eigenvalue weighted by molar-refractivity contribution is 5.61. The summed E-state index contributed by atoms with van der Waals surface area (Å²) < 4.78 is 5.47. The number of methoxy groups -OCH3 is 1. The fourth-order valence-corrected chi connectivity index (χ4v) is 2.63. The Morgan fingerprint density at radius 1 is 1.42 bits per heavy atom. The number of hydrogen-bond acceptors (Lipinski definition) is 4. The molecule has 1 saturated heterocycles. The van der Waals surface area contributed by atoms with Gasteiger partial charge in [-0.05, 0) is 31.7 Å². The maximum atomic E-state index is 9.02. The molecule has 0 aliphatic carbocycles. The summed E-state index contributed by atoms with van der Waals surface area (Å²) in [6.07, 6.45) is 0.543. The summed E-state index contributed by atoms with van der Waals surface area (Å²) in [6.45, 7) is 4.95. The summed E-state index contributed by atoms with van der Waals surface area (Å²) in [4.78, 5) is 4.59. The maximum Gasteiger partial charge on any atom is 0.142 e. The van der Waals surface area contributed by atoms with Crippen molar-refractivity contribution in [3.8, 4) is 11.8 Å². The van der Waals surface area contributed by atoms with Crippen LogP contribution in [-0.2, 0) is 0 Å². The van der Waals surface area contributed by atoms with Gasteiger partial charge in [-0.15, -0.1) is 0 Å². The molecule has 0 N–H and O–H groups in total. The lowest BCUT2D eigenvalue weighted by Crippen LogP contribution is -2.52. The van der Waals surface area contributed by atoms with Crippen LogP contribution in [0.15, 0.2) is 18.2 Å². The molecular weight excluding hydrogens is 238 g/mol. The number of aryl methyl sites for hydroxylation is 1. The van der Waals surface area contributed by atoms with Crippen molar-refractivity contribution < 1.29 is 4.74 Å². The second kappa shape index (κ2) is 5.94. The number of ether oxygens (including phenoxy) is 1. The van der Waals surface area contributed by atoms with E-state index >= 15 is 0 Å². The largest absolute Gasteiger partial charge is 0.495 e. The second-order valence-corrected chi connectivity index (χ2v) is 5.15. The van der Waals surface area contributed by atoms with Crippen molar-refractivity contribution in [1.82, 2.24) is 4.90 Å². The molecule has 0 saturated carbocycles. The second-order valence-electron chi connectivity index (χ2n) is 5.15. The number of rotatable bonds is 3. The molecular formula is C15H21N3O. The van der Waals surface area contributed by atoms with Gasteiger partial charge in [0.2, 0.25) is 0 Å². The van der Waals surface area contributed by atoms with E-state index in [-0.39, 0.29) is 6.04 Å². The molecule has 4 nitrogen and oxygen atoms in total. The Morgan fingerprint density at radius 2 is 2.21 bits per heavy atom.